The molecule has 0 saturated heterocycles. The van der Waals surface area contributed by atoms with Crippen molar-refractivity contribution in [3.8, 4) is 11.4 Å². The molecule has 0 aliphatic carbocycles. The molecule has 3 rings (SSSR count). The second kappa shape index (κ2) is 7.18. The molecule has 1 unspecified atom stereocenters. The van der Waals surface area contributed by atoms with Crippen LogP contribution in [0.1, 0.15) is 38.1 Å². The van der Waals surface area contributed by atoms with E-state index in [9.17, 15) is 9.90 Å². The van der Waals surface area contributed by atoms with Gasteiger partial charge in [0.1, 0.15) is 18.1 Å². The van der Waals surface area contributed by atoms with E-state index in [-0.39, 0.29) is 12.1 Å². The van der Waals surface area contributed by atoms with E-state index in [0.717, 1.165) is 22.9 Å². The molecule has 0 saturated carbocycles. The van der Waals surface area contributed by atoms with Crippen LogP contribution >= 0.6 is 0 Å². The molecule has 1 heterocycles. The SMILES string of the molecule is CC(C)(C)NC(C)(O)COc1ccc(-n2ccc3c(C=O)cccc32)cc1. The van der Waals surface area contributed by atoms with E-state index < -0.39 is 5.72 Å². The van der Waals surface area contributed by atoms with E-state index in [4.69, 9.17) is 4.74 Å². The van der Waals surface area contributed by atoms with Crippen LogP contribution in [0.15, 0.2) is 54.7 Å². The van der Waals surface area contributed by atoms with Crippen LogP contribution in [-0.4, -0.2) is 33.8 Å². The predicted molar refractivity (Wildman–Crippen MR) is 108 cm³/mol. The van der Waals surface area contributed by atoms with Gasteiger partial charge in [0.25, 0.3) is 0 Å². The number of carbonyl (C=O) groups is 1. The number of hydrogen-bond acceptors (Lipinski definition) is 4. The Morgan fingerprint density at radius 3 is 2.41 bits per heavy atom. The molecule has 142 valence electrons. The predicted octanol–water partition coefficient (Wildman–Crippen LogP) is 3.92. The Bertz CT molecular complexity index is 934. The van der Waals surface area contributed by atoms with Gasteiger partial charge in [-0.25, -0.2) is 0 Å². The summed E-state index contributed by atoms with van der Waals surface area (Å²) >= 11 is 0. The van der Waals surface area contributed by atoms with Crippen LogP contribution in [0, 0.1) is 0 Å². The van der Waals surface area contributed by atoms with E-state index in [1.165, 1.54) is 0 Å². The van der Waals surface area contributed by atoms with E-state index in [0.29, 0.717) is 11.3 Å². The number of carbonyl (C=O) groups excluding carboxylic acids is 1. The van der Waals surface area contributed by atoms with Gasteiger partial charge in [-0.15, -0.1) is 0 Å². The molecule has 0 aliphatic heterocycles. The van der Waals surface area contributed by atoms with Gasteiger partial charge < -0.3 is 14.4 Å². The van der Waals surface area contributed by atoms with Crippen molar-refractivity contribution >= 4 is 17.2 Å². The first-order chi connectivity index (χ1) is 12.7. The number of nitrogens with one attached hydrogen (secondary N) is 1. The smallest absolute Gasteiger partial charge is 0.150 e. The number of aromatic nitrogens is 1. The van der Waals surface area contributed by atoms with Crippen molar-refractivity contribution in [2.75, 3.05) is 6.61 Å². The molecule has 27 heavy (non-hydrogen) atoms. The molecule has 3 aromatic rings. The van der Waals surface area contributed by atoms with E-state index in [1.54, 1.807) is 6.92 Å². The molecule has 0 amide bonds. The van der Waals surface area contributed by atoms with Gasteiger partial charge in [-0.05, 0) is 64.1 Å². The van der Waals surface area contributed by atoms with Gasteiger partial charge in [0.15, 0.2) is 6.29 Å². The van der Waals surface area contributed by atoms with Crippen molar-refractivity contribution in [3.63, 3.8) is 0 Å². The highest BCUT2D eigenvalue weighted by atomic mass is 16.5. The highest BCUT2D eigenvalue weighted by molar-refractivity contribution is 5.97. The van der Waals surface area contributed by atoms with Crippen molar-refractivity contribution in [1.82, 2.24) is 9.88 Å². The lowest BCUT2D eigenvalue weighted by Crippen LogP contribution is -2.55. The fraction of sp³-hybridized carbons (Fsp3) is 0.318. The molecule has 5 nitrogen and oxygen atoms in total. The zero-order valence-electron chi connectivity index (χ0n) is 16.2. The molecular formula is C22H26N2O3. The highest BCUT2D eigenvalue weighted by Crippen LogP contribution is 2.24. The third kappa shape index (κ3) is 4.56. The summed E-state index contributed by atoms with van der Waals surface area (Å²) in [6.07, 6.45) is 2.83. The molecular weight excluding hydrogens is 340 g/mol. The molecule has 0 spiro atoms. The Labute approximate surface area is 159 Å². The summed E-state index contributed by atoms with van der Waals surface area (Å²) < 4.78 is 7.78. The Morgan fingerprint density at radius 1 is 1.07 bits per heavy atom. The molecule has 1 atom stereocenters. The summed E-state index contributed by atoms with van der Waals surface area (Å²) in [6.45, 7) is 7.82. The molecule has 0 fully saturated rings. The number of benzene rings is 2. The van der Waals surface area contributed by atoms with Gasteiger partial charge in [-0.2, -0.15) is 0 Å². The fourth-order valence-corrected chi connectivity index (χ4v) is 3.29. The summed E-state index contributed by atoms with van der Waals surface area (Å²) in [4.78, 5) is 11.2. The van der Waals surface area contributed by atoms with Gasteiger partial charge in [-0.1, -0.05) is 12.1 Å². The van der Waals surface area contributed by atoms with Crippen molar-refractivity contribution in [1.29, 1.82) is 0 Å². The maximum Gasteiger partial charge on any atom is 0.150 e. The maximum absolute atomic E-state index is 11.2. The van der Waals surface area contributed by atoms with Gasteiger partial charge in [-0.3, -0.25) is 10.1 Å². The normalized spacial score (nSPS) is 14.1. The van der Waals surface area contributed by atoms with Crippen molar-refractivity contribution in [2.24, 2.45) is 0 Å². The molecule has 2 N–H and O–H groups in total. The summed E-state index contributed by atoms with van der Waals surface area (Å²) in [5.41, 5.74) is 1.29. The Morgan fingerprint density at radius 2 is 1.78 bits per heavy atom. The summed E-state index contributed by atoms with van der Waals surface area (Å²) in [6, 6.07) is 15.3. The van der Waals surface area contributed by atoms with Crippen molar-refractivity contribution in [2.45, 2.75) is 39.0 Å². The molecule has 0 bridgehead atoms. The molecule has 0 aliphatic rings. The van der Waals surface area contributed by atoms with Crippen LogP contribution in [0.25, 0.3) is 16.6 Å². The zero-order valence-corrected chi connectivity index (χ0v) is 16.2. The van der Waals surface area contributed by atoms with Gasteiger partial charge in [0.05, 0.1) is 5.52 Å². The third-order valence-electron chi connectivity index (χ3n) is 4.17. The van der Waals surface area contributed by atoms with Crippen LogP contribution < -0.4 is 10.1 Å². The van der Waals surface area contributed by atoms with Crippen LogP contribution in [0.2, 0.25) is 0 Å². The lowest BCUT2D eigenvalue weighted by atomic mass is 10.1. The Hall–Kier alpha value is -2.63. The van der Waals surface area contributed by atoms with Gasteiger partial charge in [0.2, 0.25) is 0 Å². The van der Waals surface area contributed by atoms with Crippen molar-refractivity contribution < 1.29 is 14.6 Å². The largest absolute Gasteiger partial charge is 0.489 e. The molecule has 0 radical (unpaired) electrons. The molecule has 2 aromatic carbocycles. The third-order valence-corrected chi connectivity index (χ3v) is 4.17. The topological polar surface area (TPSA) is 63.5 Å². The van der Waals surface area contributed by atoms with Gasteiger partial charge in [0, 0.05) is 28.4 Å². The average molecular weight is 366 g/mol. The number of aldehydes is 1. The number of ether oxygens (including phenoxy) is 1. The number of nitrogens with zero attached hydrogens (tertiary/aromatic N) is 1. The minimum Gasteiger partial charge on any atom is -0.489 e. The maximum atomic E-state index is 11.2. The lowest BCUT2D eigenvalue weighted by Gasteiger charge is -2.33. The minimum absolute atomic E-state index is 0.138. The zero-order chi connectivity index (χ0) is 19.7. The quantitative estimate of drug-likeness (QED) is 0.513. The van der Waals surface area contributed by atoms with Crippen molar-refractivity contribution in [3.05, 3.63) is 60.3 Å². The average Bonchev–Trinajstić information content (AvgIpc) is 3.02. The lowest BCUT2D eigenvalue weighted by molar-refractivity contribution is -0.0365. The first-order valence-corrected chi connectivity index (χ1v) is 8.99. The van der Waals surface area contributed by atoms with E-state index >= 15 is 0 Å². The number of hydrogen-bond donors (Lipinski definition) is 2. The van der Waals surface area contributed by atoms with E-state index in [2.05, 4.69) is 5.32 Å². The van der Waals surface area contributed by atoms with E-state index in [1.807, 2.05) is 80.1 Å². The van der Waals surface area contributed by atoms with Crippen LogP contribution in [0.4, 0.5) is 0 Å². The highest BCUT2D eigenvalue weighted by Gasteiger charge is 2.26. The summed E-state index contributed by atoms with van der Waals surface area (Å²) in [7, 11) is 0. The van der Waals surface area contributed by atoms with Crippen LogP contribution in [0.3, 0.4) is 0 Å². The first-order valence-electron chi connectivity index (χ1n) is 8.99. The number of rotatable bonds is 6. The molecule has 1 aromatic heterocycles. The summed E-state index contributed by atoms with van der Waals surface area (Å²) in [5, 5.41) is 14.5. The number of aliphatic hydroxyl groups is 1. The standard InChI is InChI=1S/C22H26N2O3/c1-21(2,3)23-22(4,26)15-27-18-10-8-17(9-11-18)24-13-12-19-16(14-25)6-5-7-20(19)24/h5-14,23,26H,15H2,1-4H3. The molecule has 5 heteroatoms. The second-order valence-corrected chi connectivity index (χ2v) is 8.02. The second-order valence-electron chi connectivity index (χ2n) is 8.02. The van der Waals surface area contributed by atoms with Gasteiger partial charge >= 0.3 is 0 Å². The first kappa shape index (κ1) is 19.1. The fourth-order valence-electron chi connectivity index (χ4n) is 3.29. The minimum atomic E-state index is -1.13. The van der Waals surface area contributed by atoms with Crippen LogP contribution in [0.5, 0.6) is 5.75 Å². The Kier molecular flexibility index (Phi) is 5.09. The Balaban J connectivity index is 1.76. The van der Waals surface area contributed by atoms with Crippen LogP contribution in [-0.2, 0) is 0 Å². The monoisotopic (exact) mass is 366 g/mol. The summed E-state index contributed by atoms with van der Waals surface area (Å²) in [5.74, 6) is 0.680. The number of fused-ring (bicyclic) bond motifs is 1.